The van der Waals surface area contributed by atoms with Crippen molar-refractivity contribution in [3.8, 4) is 0 Å². The van der Waals surface area contributed by atoms with E-state index in [2.05, 4.69) is 13.8 Å². The maximum absolute atomic E-state index is 13.7. The van der Waals surface area contributed by atoms with Crippen molar-refractivity contribution in [1.82, 2.24) is 4.90 Å². The van der Waals surface area contributed by atoms with E-state index in [0.29, 0.717) is 16.5 Å². The second kappa shape index (κ2) is 9.28. The van der Waals surface area contributed by atoms with Crippen LogP contribution in [-0.4, -0.2) is 24.3 Å². The van der Waals surface area contributed by atoms with E-state index in [9.17, 15) is 18.3 Å². The van der Waals surface area contributed by atoms with Gasteiger partial charge in [0.15, 0.2) is 5.76 Å². The van der Waals surface area contributed by atoms with Crippen LogP contribution in [0.3, 0.4) is 0 Å². The molecule has 1 heterocycles. The van der Waals surface area contributed by atoms with Crippen LogP contribution in [0.4, 0.5) is 0 Å². The Morgan fingerprint density at radius 3 is 2.09 bits per heavy atom. The molecule has 7 heteroatoms. The summed E-state index contributed by atoms with van der Waals surface area (Å²) in [7, 11) is -4.15. The fourth-order valence-corrected chi connectivity index (χ4v) is 5.87. The summed E-state index contributed by atoms with van der Waals surface area (Å²) in [6, 6.07) is 19.9. The molecular formula is C27H26ClNO4S. The molecule has 5 nitrogen and oxygen atoms in total. The molecule has 1 atom stereocenters. The third kappa shape index (κ3) is 4.48. The van der Waals surface area contributed by atoms with Crippen LogP contribution in [0.15, 0.2) is 88.4 Å². The first-order chi connectivity index (χ1) is 16.1. The van der Waals surface area contributed by atoms with Gasteiger partial charge in [0.1, 0.15) is 4.91 Å². The number of aliphatic hydroxyl groups is 1. The lowest BCUT2D eigenvalue weighted by atomic mass is 9.98. The average Bonchev–Trinajstić information content (AvgIpc) is 3.06. The molecule has 0 saturated carbocycles. The van der Waals surface area contributed by atoms with Crippen molar-refractivity contribution in [3.63, 3.8) is 0 Å². The molecule has 1 aliphatic rings. The minimum atomic E-state index is -4.15. The van der Waals surface area contributed by atoms with E-state index in [1.807, 2.05) is 31.2 Å². The number of hydrogen-bond acceptors (Lipinski definition) is 4. The summed E-state index contributed by atoms with van der Waals surface area (Å²) in [6.07, 6.45) is 0. The van der Waals surface area contributed by atoms with Crippen molar-refractivity contribution in [2.45, 2.75) is 44.2 Å². The minimum Gasteiger partial charge on any atom is -0.502 e. The summed E-state index contributed by atoms with van der Waals surface area (Å²) in [5.74, 6) is -1.17. The number of benzene rings is 3. The monoisotopic (exact) mass is 495 g/mol. The van der Waals surface area contributed by atoms with Crippen LogP contribution in [0.1, 0.15) is 48.1 Å². The van der Waals surface area contributed by atoms with Gasteiger partial charge in [-0.2, -0.15) is 0 Å². The van der Waals surface area contributed by atoms with Gasteiger partial charge in [-0.3, -0.25) is 4.79 Å². The molecule has 3 aromatic rings. The molecule has 34 heavy (non-hydrogen) atoms. The first-order valence-corrected chi connectivity index (χ1v) is 12.9. The van der Waals surface area contributed by atoms with Crippen LogP contribution in [0.5, 0.6) is 0 Å². The van der Waals surface area contributed by atoms with Gasteiger partial charge in [0.2, 0.25) is 9.84 Å². The van der Waals surface area contributed by atoms with Crippen LogP contribution < -0.4 is 0 Å². The minimum absolute atomic E-state index is 0.0320. The highest BCUT2D eigenvalue weighted by atomic mass is 35.5. The van der Waals surface area contributed by atoms with Crippen LogP contribution in [0, 0.1) is 6.92 Å². The van der Waals surface area contributed by atoms with E-state index >= 15 is 0 Å². The highest BCUT2D eigenvalue weighted by Gasteiger charge is 2.46. The van der Waals surface area contributed by atoms with Gasteiger partial charge in [0.25, 0.3) is 5.91 Å². The zero-order valence-electron chi connectivity index (χ0n) is 19.2. The van der Waals surface area contributed by atoms with E-state index in [-0.39, 0.29) is 16.3 Å². The molecule has 3 aromatic carbocycles. The summed E-state index contributed by atoms with van der Waals surface area (Å²) in [4.78, 5) is 14.3. The molecule has 1 aliphatic heterocycles. The number of sulfone groups is 1. The van der Waals surface area contributed by atoms with Gasteiger partial charge in [-0.25, -0.2) is 8.42 Å². The zero-order valence-corrected chi connectivity index (χ0v) is 20.8. The number of carbonyl (C=O) groups excluding carboxylic acids is 1. The number of nitrogens with zero attached hydrogens (tertiary/aromatic N) is 1. The predicted octanol–water partition coefficient (Wildman–Crippen LogP) is 6.10. The molecule has 1 unspecified atom stereocenters. The molecule has 1 amide bonds. The van der Waals surface area contributed by atoms with Gasteiger partial charge in [-0.1, -0.05) is 79.5 Å². The Bertz CT molecular complexity index is 1340. The Morgan fingerprint density at radius 1 is 0.941 bits per heavy atom. The molecule has 0 saturated heterocycles. The lowest BCUT2D eigenvalue weighted by molar-refractivity contribution is -0.130. The zero-order chi connectivity index (χ0) is 24.6. The predicted molar refractivity (Wildman–Crippen MR) is 133 cm³/mol. The lowest BCUT2D eigenvalue weighted by Crippen LogP contribution is -2.30. The molecular weight excluding hydrogens is 470 g/mol. The van der Waals surface area contributed by atoms with Crippen molar-refractivity contribution in [2.24, 2.45) is 0 Å². The summed E-state index contributed by atoms with van der Waals surface area (Å²) >= 11 is 6.00. The van der Waals surface area contributed by atoms with Gasteiger partial charge in [-0.15, -0.1) is 0 Å². The standard InChI is InChI=1S/C27H26ClNO4S/c1-17(2)20-8-10-21(11-9-20)24-26(34(32,33)23-14-4-18(3)5-15-23)25(30)27(31)29(24)16-19-6-12-22(28)13-7-19/h4-15,17,24,30H,16H2,1-3H3. The molecule has 176 valence electrons. The third-order valence-electron chi connectivity index (χ3n) is 6.06. The Kier molecular flexibility index (Phi) is 6.56. The Morgan fingerprint density at radius 2 is 1.53 bits per heavy atom. The molecule has 0 radical (unpaired) electrons. The van der Waals surface area contributed by atoms with E-state index in [1.165, 1.54) is 17.0 Å². The number of carbonyl (C=O) groups is 1. The van der Waals surface area contributed by atoms with Gasteiger partial charge in [0.05, 0.1) is 10.9 Å². The second-order valence-corrected chi connectivity index (χ2v) is 11.2. The summed E-state index contributed by atoms with van der Waals surface area (Å²) in [6.45, 7) is 6.11. The van der Waals surface area contributed by atoms with E-state index in [1.54, 1.807) is 36.4 Å². The first kappa shape index (κ1) is 24.0. The highest BCUT2D eigenvalue weighted by molar-refractivity contribution is 7.95. The summed E-state index contributed by atoms with van der Waals surface area (Å²) < 4.78 is 27.4. The smallest absolute Gasteiger partial charge is 0.290 e. The van der Waals surface area contributed by atoms with Crippen LogP contribution in [-0.2, 0) is 21.2 Å². The number of rotatable bonds is 6. The van der Waals surface area contributed by atoms with Gasteiger partial charge in [-0.05, 0) is 53.8 Å². The molecule has 0 fully saturated rings. The lowest BCUT2D eigenvalue weighted by Gasteiger charge is -2.27. The quantitative estimate of drug-likeness (QED) is 0.448. The van der Waals surface area contributed by atoms with Crippen LogP contribution >= 0.6 is 11.6 Å². The Labute approximate surface area is 205 Å². The first-order valence-electron chi connectivity index (χ1n) is 11.0. The van der Waals surface area contributed by atoms with Gasteiger partial charge < -0.3 is 10.0 Å². The molecule has 0 aliphatic carbocycles. The second-order valence-electron chi connectivity index (χ2n) is 8.81. The van der Waals surface area contributed by atoms with Crippen molar-refractivity contribution in [3.05, 3.63) is 111 Å². The fourth-order valence-electron chi connectivity index (χ4n) is 4.09. The number of hydrogen-bond donors (Lipinski definition) is 1. The largest absolute Gasteiger partial charge is 0.502 e. The fraction of sp³-hybridized carbons (Fsp3) is 0.222. The molecule has 0 aromatic heterocycles. The maximum atomic E-state index is 13.7. The normalized spacial score (nSPS) is 16.6. The summed E-state index contributed by atoms with van der Waals surface area (Å²) in [5.41, 5.74) is 3.38. The maximum Gasteiger partial charge on any atom is 0.290 e. The molecule has 1 N–H and O–H groups in total. The van der Waals surface area contributed by atoms with Crippen molar-refractivity contribution < 1.29 is 18.3 Å². The Balaban J connectivity index is 1.84. The number of halogens is 1. The number of aliphatic hydroxyl groups excluding tert-OH is 1. The Hall–Kier alpha value is -3.09. The average molecular weight is 496 g/mol. The van der Waals surface area contributed by atoms with E-state index in [0.717, 1.165) is 16.7 Å². The molecule has 4 rings (SSSR count). The summed E-state index contributed by atoms with van der Waals surface area (Å²) in [5, 5.41) is 11.4. The third-order valence-corrected chi connectivity index (χ3v) is 8.20. The van der Waals surface area contributed by atoms with Crippen molar-refractivity contribution >= 4 is 27.3 Å². The SMILES string of the molecule is Cc1ccc(S(=O)(=O)C2=C(O)C(=O)N(Cc3ccc(Cl)cc3)C2c2ccc(C(C)C)cc2)cc1. The molecule has 0 bridgehead atoms. The number of aryl methyl sites for hydroxylation is 1. The topological polar surface area (TPSA) is 74.7 Å². The van der Waals surface area contributed by atoms with E-state index in [4.69, 9.17) is 11.6 Å². The van der Waals surface area contributed by atoms with E-state index < -0.39 is 27.5 Å². The highest BCUT2D eigenvalue weighted by Crippen LogP contribution is 2.43. The van der Waals surface area contributed by atoms with Gasteiger partial charge in [0, 0.05) is 11.6 Å². The van der Waals surface area contributed by atoms with Crippen molar-refractivity contribution in [1.29, 1.82) is 0 Å². The number of amides is 1. The van der Waals surface area contributed by atoms with Crippen LogP contribution in [0.2, 0.25) is 5.02 Å². The van der Waals surface area contributed by atoms with Crippen molar-refractivity contribution in [2.75, 3.05) is 0 Å². The van der Waals surface area contributed by atoms with Crippen LogP contribution in [0.25, 0.3) is 0 Å². The van der Waals surface area contributed by atoms with Gasteiger partial charge >= 0.3 is 0 Å². The molecule has 0 spiro atoms.